The van der Waals surface area contributed by atoms with Gasteiger partial charge in [-0.3, -0.25) is 9.71 Å². The van der Waals surface area contributed by atoms with Crippen LogP contribution >= 0.6 is 35.4 Å². The highest BCUT2D eigenvalue weighted by Crippen LogP contribution is 2.45. The average molecular weight is 590 g/mol. The van der Waals surface area contributed by atoms with Crippen molar-refractivity contribution in [2.45, 2.75) is 12.1 Å². The first kappa shape index (κ1) is 26.3. The van der Waals surface area contributed by atoms with Gasteiger partial charge in [-0.1, -0.05) is 35.3 Å². The van der Waals surface area contributed by atoms with Gasteiger partial charge in [0.15, 0.2) is 5.11 Å². The summed E-state index contributed by atoms with van der Waals surface area (Å²) in [5.74, 6) is 1.50. The number of ether oxygens (including phenoxy) is 1. The third-order valence-corrected chi connectivity index (χ3v) is 7.71. The molecule has 0 aliphatic carbocycles. The van der Waals surface area contributed by atoms with Crippen LogP contribution in [-0.4, -0.2) is 31.9 Å². The fourth-order valence-electron chi connectivity index (χ4n) is 4.40. The first-order valence-corrected chi connectivity index (χ1v) is 14.4. The Morgan fingerprint density at radius 2 is 1.92 bits per heavy atom. The number of rotatable bonds is 7. The van der Waals surface area contributed by atoms with Crippen molar-refractivity contribution in [2.75, 3.05) is 23.0 Å². The van der Waals surface area contributed by atoms with Gasteiger partial charge in [-0.05, 0) is 66.8 Å². The molecule has 2 aromatic heterocycles. The lowest BCUT2D eigenvalue weighted by Gasteiger charge is -2.27. The molecule has 2 atom stereocenters. The molecule has 0 saturated carbocycles. The number of nitrogens with zero attached hydrogens (tertiary/aromatic N) is 2. The molecule has 0 radical (unpaired) electrons. The van der Waals surface area contributed by atoms with Crippen LogP contribution in [0.2, 0.25) is 10.0 Å². The number of sulfonamides is 1. The quantitative estimate of drug-likeness (QED) is 0.246. The SMILES string of the molecule is COc1ccc(N2C(=S)N[C@H](c3ccccn3)[C@H]2c2ccc(-c3cccc(Cl)c3Cl)o2)cc1NS(C)(=O)=O. The minimum atomic E-state index is -3.57. The van der Waals surface area contributed by atoms with Gasteiger partial charge in [-0.2, -0.15) is 0 Å². The number of methoxy groups -OCH3 is 1. The van der Waals surface area contributed by atoms with E-state index in [1.165, 1.54) is 7.11 Å². The zero-order valence-electron chi connectivity index (χ0n) is 20.2. The first-order valence-electron chi connectivity index (χ1n) is 11.4. The third kappa shape index (κ3) is 5.17. The van der Waals surface area contributed by atoms with Crippen LogP contribution in [0.5, 0.6) is 5.75 Å². The van der Waals surface area contributed by atoms with Crippen LogP contribution in [-0.2, 0) is 10.0 Å². The van der Waals surface area contributed by atoms with Gasteiger partial charge in [0.1, 0.15) is 23.3 Å². The molecule has 2 N–H and O–H groups in total. The Kier molecular flexibility index (Phi) is 7.23. The van der Waals surface area contributed by atoms with Gasteiger partial charge in [-0.25, -0.2) is 8.42 Å². The van der Waals surface area contributed by atoms with Crippen molar-refractivity contribution in [3.05, 3.63) is 94.4 Å². The summed E-state index contributed by atoms with van der Waals surface area (Å²) in [5.41, 5.74) is 2.31. The normalized spacial score (nSPS) is 17.4. The van der Waals surface area contributed by atoms with E-state index < -0.39 is 16.1 Å². The van der Waals surface area contributed by atoms with Gasteiger partial charge in [0.2, 0.25) is 10.0 Å². The highest BCUT2D eigenvalue weighted by molar-refractivity contribution is 7.92. The number of halogens is 2. The molecule has 3 heterocycles. The average Bonchev–Trinajstić information content (AvgIpc) is 3.50. The zero-order valence-corrected chi connectivity index (χ0v) is 23.3. The molecule has 1 saturated heterocycles. The number of furan rings is 1. The molecule has 38 heavy (non-hydrogen) atoms. The van der Waals surface area contributed by atoms with E-state index in [1.807, 2.05) is 41.3 Å². The maximum absolute atomic E-state index is 12.0. The predicted octanol–water partition coefficient (Wildman–Crippen LogP) is 6.21. The number of benzene rings is 2. The Bertz CT molecular complexity index is 1610. The maximum atomic E-state index is 12.0. The van der Waals surface area contributed by atoms with Gasteiger partial charge < -0.3 is 19.4 Å². The molecule has 196 valence electrons. The summed E-state index contributed by atoms with van der Waals surface area (Å²) in [6.45, 7) is 0. The van der Waals surface area contributed by atoms with E-state index in [2.05, 4.69) is 15.0 Å². The van der Waals surface area contributed by atoms with Crippen molar-refractivity contribution in [3.8, 4) is 17.1 Å². The largest absolute Gasteiger partial charge is 0.495 e. The molecular formula is C26H22Cl2N4O4S2. The Balaban J connectivity index is 1.63. The van der Waals surface area contributed by atoms with E-state index >= 15 is 0 Å². The van der Waals surface area contributed by atoms with Crippen molar-refractivity contribution in [1.82, 2.24) is 10.3 Å². The number of pyridine rings is 1. The molecular weight excluding hydrogens is 567 g/mol. The first-order chi connectivity index (χ1) is 18.2. The standard InChI is InChI=1S/C26H22Cl2N4O4S2/c1-35-21-10-9-15(14-19(21)31-38(2,33)34)32-25(24(30-26(32)37)18-8-3-4-13-29-18)22-12-11-20(36-22)16-6-5-7-17(27)23(16)28/h3-14,24-25,31H,1-2H3,(H,30,37)/t24-,25-/m1/s1. The highest BCUT2D eigenvalue weighted by atomic mass is 35.5. The Hall–Kier alpha value is -3.31. The molecule has 4 aromatic rings. The van der Waals surface area contributed by atoms with Gasteiger partial charge in [0, 0.05) is 17.4 Å². The minimum absolute atomic E-state index is 0.279. The van der Waals surface area contributed by atoms with Crippen molar-refractivity contribution in [1.29, 1.82) is 0 Å². The van der Waals surface area contributed by atoms with E-state index in [-0.39, 0.29) is 11.7 Å². The van der Waals surface area contributed by atoms with Gasteiger partial charge in [0.25, 0.3) is 0 Å². The smallest absolute Gasteiger partial charge is 0.229 e. The summed E-state index contributed by atoms with van der Waals surface area (Å²) in [6.07, 6.45) is 2.78. The predicted molar refractivity (Wildman–Crippen MR) is 154 cm³/mol. The lowest BCUT2D eigenvalue weighted by Crippen LogP contribution is -2.29. The van der Waals surface area contributed by atoms with Crippen LogP contribution in [0.1, 0.15) is 23.5 Å². The second-order valence-corrected chi connectivity index (χ2v) is 11.5. The van der Waals surface area contributed by atoms with Crippen LogP contribution in [0.4, 0.5) is 11.4 Å². The second-order valence-electron chi connectivity index (χ2n) is 8.56. The number of aromatic nitrogens is 1. The lowest BCUT2D eigenvalue weighted by atomic mass is 10.0. The minimum Gasteiger partial charge on any atom is -0.495 e. The molecule has 12 heteroatoms. The summed E-state index contributed by atoms with van der Waals surface area (Å²) in [4.78, 5) is 6.41. The van der Waals surface area contributed by atoms with E-state index in [0.29, 0.717) is 43.7 Å². The summed E-state index contributed by atoms with van der Waals surface area (Å²) >= 11 is 18.5. The number of anilines is 2. The third-order valence-electron chi connectivity index (χ3n) is 5.99. The maximum Gasteiger partial charge on any atom is 0.229 e. The van der Waals surface area contributed by atoms with Crippen LogP contribution in [0.3, 0.4) is 0 Å². The molecule has 1 aliphatic rings. The van der Waals surface area contributed by atoms with E-state index in [9.17, 15) is 8.42 Å². The number of nitrogens with one attached hydrogen (secondary N) is 2. The molecule has 8 nitrogen and oxygen atoms in total. The molecule has 0 amide bonds. The second kappa shape index (κ2) is 10.5. The van der Waals surface area contributed by atoms with Crippen molar-refractivity contribution < 1.29 is 17.6 Å². The fraction of sp³-hybridized carbons (Fsp3) is 0.154. The molecule has 0 bridgehead atoms. The van der Waals surface area contributed by atoms with Gasteiger partial charge in [-0.15, -0.1) is 0 Å². The van der Waals surface area contributed by atoms with Gasteiger partial charge >= 0.3 is 0 Å². The topological polar surface area (TPSA) is 96.7 Å². The van der Waals surface area contributed by atoms with Crippen LogP contribution in [0.15, 0.2) is 77.3 Å². The van der Waals surface area contributed by atoms with Crippen molar-refractivity contribution in [3.63, 3.8) is 0 Å². The summed E-state index contributed by atoms with van der Waals surface area (Å²) < 4.78 is 38.3. The van der Waals surface area contributed by atoms with Crippen LogP contribution in [0.25, 0.3) is 11.3 Å². The van der Waals surface area contributed by atoms with Crippen LogP contribution < -0.4 is 19.7 Å². The van der Waals surface area contributed by atoms with Crippen LogP contribution in [0, 0.1) is 0 Å². The highest BCUT2D eigenvalue weighted by Gasteiger charge is 2.43. The van der Waals surface area contributed by atoms with E-state index in [4.69, 9.17) is 44.6 Å². The molecule has 1 aliphatic heterocycles. The van der Waals surface area contributed by atoms with E-state index in [0.717, 1.165) is 11.9 Å². The lowest BCUT2D eigenvalue weighted by molar-refractivity contribution is 0.416. The molecule has 0 unspecified atom stereocenters. The zero-order chi connectivity index (χ0) is 27.0. The molecule has 1 fully saturated rings. The fourth-order valence-corrected chi connectivity index (χ4v) is 5.70. The molecule has 2 aromatic carbocycles. The van der Waals surface area contributed by atoms with Crippen molar-refractivity contribution in [2.24, 2.45) is 0 Å². The molecule has 0 spiro atoms. The number of hydrogen-bond acceptors (Lipinski definition) is 6. The Morgan fingerprint density at radius 1 is 1.11 bits per heavy atom. The van der Waals surface area contributed by atoms with Crippen molar-refractivity contribution >= 4 is 61.9 Å². The monoisotopic (exact) mass is 588 g/mol. The summed E-state index contributed by atoms with van der Waals surface area (Å²) in [5, 5.41) is 4.58. The summed E-state index contributed by atoms with van der Waals surface area (Å²) in [6, 6.07) is 19.0. The summed E-state index contributed by atoms with van der Waals surface area (Å²) in [7, 11) is -2.10. The van der Waals surface area contributed by atoms with Gasteiger partial charge in [0.05, 0.1) is 40.8 Å². The van der Waals surface area contributed by atoms with E-state index in [1.54, 1.807) is 36.5 Å². The number of hydrogen-bond donors (Lipinski definition) is 2. The Morgan fingerprint density at radius 3 is 2.63 bits per heavy atom. The number of thiocarbonyl (C=S) groups is 1. The Labute approximate surface area is 235 Å². The molecule has 5 rings (SSSR count).